The smallest absolute Gasteiger partial charge is 1.00 e. The molecule has 0 heterocycles. The van der Waals surface area contributed by atoms with E-state index in [1.165, 1.54) is 58.1 Å². The Hall–Kier alpha value is -1.94. The standard InChI is InChI=1S/C31H29O2Si.C3H6.2ClH.Zr/c1-20(33-34(2,3)4)32-29-18-17-25-22-12-6-5-11-21(22)19-28(25)31(29)30-26-15-9-7-13-23(26)24-14-8-10-16-27(24)30;1-3-2;;;/h5-18,20H,19H2,1-4H3;1-2H3;2*1H;/q-1;;;;+2/p-2. The van der Waals surface area contributed by atoms with E-state index in [0.29, 0.717) is 0 Å². The number of rotatable bonds is 5. The molecule has 0 saturated heterocycles. The van der Waals surface area contributed by atoms with Crippen LogP contribution in [0.4, 0.5) is 0 Å². The van der Waals surface area contributed by atoms with Gasteiger partial charge in [-0.15, -0.1) is 0 Å². The van der Waals surface area contributed by atoms with Crippen LogP contribution in [0.5, 0.6) is 5.75 Å². The average Bonchev–Trinajstić information content (AvgIpc) is 3.39. The summed E-state index contributed by atoms with van der Waals surface area (Å²) in [5.74, 6) is 0.902. The van der Waals surface area contributed by atoms with Crippen LogP contribution in [0.2, 0.25) is 19.6 Å². The monoisotopic (exact) mass is 663 g/mol. The minimum absolute atomic E-state index is 0. The van der Waals surface area contributed by atoms with E-state index in [1.54, 1.807) is 24.2 Å². The van der Waals surface area contributed by atoms with Gasteiger partial charge in [-0.1, -0.05) is 112 Å². The van der Waals surface area contributed by atoms with Crippen molar-refractivity contribution in [1.29, 1.82) is 0 Å². The number of fused-ring (bicyclic) bond motifs is 6. The maximum atomic E-state index is 6.58. The van der Waals surface area contributed by atoms with Crippen LogP contribution in [0.3, 0.4) is 0 Å². The number of ether oxygens (including phenoxy) is 1. The van der Waals surface area contributed by atoms with Crippen molar-refractivity contribution in [1.82, 2.24) is 0 Å². The first-order valence-electron chi connectivity index (χ1n) is 13.3. The van der Waals surface area contributed by atoms with Gasteiger partial charge in [-0.3, -0.25) is 0 Å². The molecule has 1 unspecified atom stereocenters. The van der Waals surface area contributed by atoms with Crippen molar-refractivity contribution in [2.24, 2.45) is 0 Å². The van der Waals surface area contributed by atoms with Crippen LogP contribution in [0.25, 0.3) is 43.8 Å². The first-order chi connectivity index (χ1) is 18.1. The maximum Gasteiger partial charge on any atom is -1.00 e. The van der Waals surface area contributed by atoms with Gasteiger partial charge in [0.1, 0.15) is 0 Å². The fraction of sp³-hybridized carbons (Fsp3) is 0.235. The second kappa shape index (κ2) is 13.4. The zero-order valence-corrected chi connectivity index (χ0v) is 28.9. The zero-order chi connectivity index (χ0) is 27.0. The summed E-state index contributed by atoms with van der Waals surface area (Å²) in [5.41, 5.74) is 7.84. The Bertz CT molecular complexity index is 1590. The SMILES string of the molecule is CC(Oc1ccc2c(c1-[c-]1c3ccccc3c3ccccc31)Cc1ccccc1-2)O[Si](C)(C)C.C[C](C)=[Zr+2].[Cl-].[Cl-]. The van der Waals surface area contributed by atoms with Gasteiger partial charge < -0.3 is 34.0 Å². The first kappa shape index (κ1) is 32.6. The molecule has 5 aromatic rings. The van der Waals surface area contributed by atoms with Gasteiger partial charge in [0, 0.05) is 0 Å². The molecule has 1 aliphatic carbocycles. The molecule has 1 aliphatic rings. The first-order valence-corrected chi connectivity index (χ1v) is 17.9. The Morgan fingerprint density at radius 2 is 1.30 bits per heavy atom. The molecule has 0 radical (unpaired) electrons. The summed E-state index contributed by atoms with van der Waals surface area (Å²) < 4.78 is 14.4. The van der Waals surface area contributed by atoms with Crippen molar-refractivity contribution >= 4 is 33.1 Å². The van der Waals surface area contributed by atoms with Crippen molar-refractivity contribution in [3.63, 3.8) is 0 Å². The predicted octanol–water partition coefficient (Wildman–Crippen LogP) is 3.28. The van der Waals surface area contributed by atoms with Crippen molar-refractivity contribution in [3.8, 4) is 28.0 Å². The Morgan fingerprint density at radius 1 is 0.775 bits per heavy atom. The average molecular weight is 666 g/mol. The van der Waals surface area contributed by atoms with Gasteiger partial charge >= 0.3 is 41.3 Å². The molecule has 0 N–H and O–H groups in total. The molecule has 6 heteroatoms. The van der Waals surface area contributed by atoms with Crippen molar-refractivity contribution in [2.75, 3.05) is 0 Å². The second-order valence-corrected chi connectivity index (χ2v) is 18.1. The van der Waals surface area contributed by atoms with Crippen LogP contribution < -0.4 is 29.6 Å². The fourth-order valence-electron chi connectivity index (χ4n) is 5.55. The summed E-state index contributed by atoms with van der Waals surface area (Å²) in [6.07, 6.45) is 0.606. The molecule has 5 aromatic carbocycles. The van der Waals surface area contributed by atoms with E-state index in [-0.39, 0.29) is 31.1 Å². The van der Waals surface area contributed by atoms with Crippen molar-refractivity contribution in [2.45, 2.75) is 53.1 Å². The minimum atomic E-state index is -1.74. The number of hydrogen-bond acceptors (Lipinski definition) is 2. The summed E-state index contributed by atoms with van der Waals surface area (Å²) >= 11 is 1.55. The molecule has 1 atom stereocenters. The topological polar surface area (TPSA) is 18.5 Å². The summed E-state index contributed by atoms with van der Waals surface area (Å²) in [7, 11) is -1.74. The molecule has 0 bridgehead atoms. The third kappa shape index (κ3) is 6.75. The van der Waals surface area contributed by atoms with E-state index in [0.717, 1.165) is 12.2 Å². The van der Waals surface area contributed by atoms with Crippen molar-refractivity contribution < 1.29 is 58.2 Å². The normalized spacial score (nSPS) is 12.4. The molecule has 6 rings (SSSR count). The van der Waals surface area contributed by atoms with Crippen LogP contribution in [0.15, 0.2) is 84.9 Å². The van der Waals surface area contributed by atoms with E-state index in [4.69, 9.17) is 9.16 Å². The summed E-state index contributed by atoms with van der Waals surface area (Å²) in [6.45, 7) is 12.9. The largest absolute Gasteiger partial charge is 1.00 e. The van der Waals surface area contributed by atoms with E-state index in [1.807, 2.05) is 6.92 Å². The Labute approximate surface area is 266 Å². The molecular formula is C34H35Cl2O2SiZr-. The maximum absolute atomic E-state index is 6.58. The molecular weight excluding hydrogens is 631 g/mol. The van der Waals surface area contributed by atoms with Gasteiger partial charge in [0.15, 0.2) is 14.6 Å². The molecule has 0 saturated carbocycles. The van der Waals surface area contributed by atoms with Gasteiger partial charge in [0.25, 0.3) is 0 Å². The minimum Gasteiger partial charge on any atom is -1.00 e. The van der Waals surface area contributed by atoms with E-state index in [2.05, 4.69) is 118 Å². The quantitative estimate of drug-likeness (QED) is 0.160. The molecule has 0 fully saturated rings. The summed E-state index contributed by atoms with van der Waals surface area (Å²) in [5, 5.41) is 5.13. The van der Waals surface area contributed by atoms with Gasteiger partial charge in [-0.2, -0.15) is 0 Å². The van der Waals surface area contributed by atoms with Gasteiger partial charge in [0.05, 0.1) is 5.75 Å². The number of hydrogen-bond donors (Lipinski definition) is 0. The number of halogens is 2. The third-order valence-electron chi connectivity index (χ3n) is 6.69. The zero-order valence-electron chi connectivity index (χ0n) is 23.9. The summed E-state index contributed by atoms with van der Waals surface area (Å²) in [4.78, 5) is 0. The summed E-state index contributed by atoms with van der Waals surface area (Å²) in [6, 6.07) is 30.6. The van der Waals surface area contributed by atoms with Gasteiger partial charge in [-0.05, 0) is 61.3 Å². The van der Waals surface area contributed by atoms with E-state index >= 15 is 0 Å². The van der Waals surface area contributed by atoms with Gasteiger partial charge in [-0.25, -0.2) is 0 Å². The Balaban J connectivity index is 0.000000691. The second-order valence-electron chi connectivity index (χ2n) is 11.2. The van der Waals surface area contributed by atoms with E-state index < -0.39 is 8.32 Å². The van der Waals surface area contributed by atoms with Crippen LogP contribution in [-0.2, 0) is 35.1 Å². The van der Waals surface area contributed by atoms with Crippen LogP contribution in [0, 0.1) is 0 Å². The third-order valence-corrected chi connectivity index (χ3v) is 7.73. The van der Waals surface area contributed by atoms with Crippen LogP contribution in [-0.4, -0.2) is 17.8 Å². The Kier molecular flexibility index (Phi) is 10.9. The van der Waals surface area contributed by atoms with Gasteiger partial charge in [0.2, 0.25) is 0 Å². The van der Waals surface area contributed by atoms with E-state index in [9.17, 15) is 0 Å². The van der Waals surface area contributed by atoms with Crippen LogP contribution >= 0.6 is 0 Å². The van der Waals surface area contributed by atoms with Crippen LogP contribution in [0.1, 0.15) is 31.9 Å². The molecule has 0 spiro atoms. The molecule has 0 amide bonds. The van der Waals surface area contributed by atoms with Crippen molar-refractivity contribution in [3.05, 3.63) is 96.1 Å². The molecule has 2 nitrogen and oxygen atoms in total. The molecule has 0 aromatic heterocycles. The fourth-order valence-corrected chi connectivity index (χ4v) is 6.59. The molecule has 206 valence electrons. The molecule has 0 aliphatic heterocycles. The predicted molar refractivity (Wildman–Crippen MR) is 162 cm³/mol. The number of benzene rings is 4. The molecule has 40 heavy (non-hydrogen) atoms. The Morgan fingerprint density at radius 3 is 1.88 bits per heavy atom.